The first-order valence-electron chi connectivity index (χ1n) is 14.8. The molecule has 0 spiro atoms. The first-order chi connectivity index (χ1) is 20.1. The molecule has 2 aromatic heterocycles. The van der Waals surface area contributed by atoms with E-state index < -0.39 is 8.07 Å². The number of aromatic nitrogens is 2. The van der Waals surface area contributed by atoms with E-state index in [0.29, 0.717) is 0 Å². The summed E-state index contributed by atoms with van der Waals surface area (Å²) in [6.45, 7) is 12.8. The zero-order valence-corrected chi connectivity index (χ0v) is 26.4. The van der Waals surface area contributed by atoms with Gasteiger partial charge in [-0.25, -0.2) is 4.98 Å². The van der Waals surface area contributed by atoms with E-state index in [1.807, 2.05) is 12.3 Å². The molecule has 3 heterocycles. The Bertz CT molecular complexity index is 1950. The molecule has 0 bridgehead atoms. The Balaban J connectivity index is 1.40. The molecular weight excluding hydrogens is 529 g/mol. The molecule has 1 aliphatic rings. The van der Waals surface area contributed by atoms with Crippen LogP contribution in [0.4, 0.5) is 17.1 Å². The number of para-hydroxylation sites is 3. The molecule has 5 heteroatoms. The van der Waals surface area contributed by atoms with Crippen LogP contribution in [0.2, 0.25) is 13.1 Å². The van der Waals surface area contributed by atoms with Crippen LogP contribution in [0.15, 0.2) is 109 Å². The highest BCUT2D eigenvalue weighted by Crippen LogP contribution is 2.40. The van der Waals surface area contributed by atoms with Gasteiger partial charge in [0.25, 0.3) is 0 Å². The fourth-order valence-electron chi connectivity index (χ4n) is 6.42. The summed E-state index contributed by atoms with van der Waals surface area (Å²) in [5, 5.41) is 5.46. The summed E-state index contributed by atoms with van der Waals surface area (Å²) in [5.74, 6) is 0.950. The average Bonchev–Trinajstić information content (AvgIpc) is 3.51. The van der Waals surface area contributed by atoms with Crippen LogP contribution in [0.25, 0.3) is 27.6 Å². The van der Waals surface area contributed by atoms with Gasteiger partial charge >= 0.3 is 0 Å². The monoisotopic (exact) mass is 566 g/mol. The molecule has 0 N–H and O–H groups in total. The van der Waals surface area contributed by atoms with E-state index >= 15 is 0 Å². The highest BCUT2D eigenvalue weighted by Gasteiger charge is 2.32. The topological polar surface area (TPSA) is 24.3 Å². The van der Waals surface area contributed by atoms with Crippen molar-refractivity contribution in [1.82, 2.24) is 9.55 Å². The van der Waals surface area contributed by atoms with Crippen LogP contribution in [-0.2, 0) is 5.41 Å². The number of hydrogen-bond acceptors (Lipinski definition) is 3. The summed E-state index contributed by atoms with van der Waals surface area (Å²) in [6, 6.07) is 38.1. The Kier molecular flexibility index (Phi) is 6.07. The molecule has 1 aliphatic heterocycles. The van der Waals surface area contributed by atoms with Crippen LogP contribution in [-0.4, -0.2) is 31.3 Å². The molecule has 210 valence electrons. The van der Waals surface area contributed by atoms with Crippen LogP contribution >= 0.6 is 0 Å². The molecule has 0 fully saturated rings. The van der Waals surface area contributed by atoms with Gasteiger partial charge in [0.1, 0.15) is 13.9 Å². The van der Waals surface area contributed by atoms with Gasteiger partial charge in [-0.15, -0.1) is 0 Å². The quantitative estimate of drug-likeness (QED) is 0.203. The molecule has 4 nitrogen and oxygen atoms in total. The maximum Gasteiger partial charge on any atom is 0.137 e. The molecule has 0 aliphatic carbocycles. The second kappa shape index (κ2) is 9.60. The van der Waals surface area contributed by atoms with E-state index in [-0.39, 0.29) is 5.41 Å². The Morgan fingerprint density at radius 1 is 0.690 bits per heavy atom. The van der Waals surface area contributed by atoms with Gasteiger partial charge in [-0.05, 0) is 59.5 Å². The lowest BCUT2D eigenvalue weighted by Gasteiger charge is -2.30. The maximum absolute atomic E-state index is 4.71. The lowest BCUT2D eigenvalue weighted by Crippen LogP contribution is -2.53. The predicted octanol–water partition coefficient (Wildman–Crippen LogP) is 7.84. The van der Waals surface area contributed by atoms with E-state index in [4.69, 9.17) is 4.98 Å². The van der Waals surface area contributed by atoms with Crippen molar-refractivity contribution in [2.45, 2.75) is 39.3 Å². The van der Waals surface area contributed by atoms with Crippen molar-refractivity contribution in [1.29, 1.82) is 0 Å². The maximum atomic E-state index is 4.71. The molecule has 0 radical (unpaired) electrons. The average molecular weight is 567 g/mol. The van der Waals surface area contributed by atoms with Crippen molar-refractivity contribution in [2.75, 3.05) is 23.5 Å². The molecule has 0 atom stereocenters. The van der Waals surface area contributed by atoms with Crippen molar-refractivity contribution in [3.05, 3.63) is 115 Å². The fourth-order valence-corrected chi connectivity index (χ4v) is 8.79. The molecule has 0 saturated heterocycles. The zero-order chi connectivity index (χ0) is 29.2. The van der Waals surface area contributed by atoms with E-state index in [1.165, 1.54) is 54.8 Å². The molecule has 42 heavy (non-hydrogen) atoms. The summed E-state index contributed by atoms with van der Waals surface area (Å²) in [4.78, 5) is 9.52. The Morgan fingerprint density at radius 3 is 2.17 bits per heavy atom. The van der Waals surface area contributed by atoms with Crippen molar-refractivity contribution >= 4 is 57.3 Å². The van der Waals surface area contributed by atoms with E-state index in [1.54, 1.807) is 0 Å². The summed E-state index contributed by atoms with van der Waals surface area (Å²) >= 11 is 0. The number of benzene rings is 4. The van der Waals surface area contributed by atoms with Crippen molar-refractivity contribution in [2.24, 2.45) is 0 Å². The van der Waals surface area contributed by atoms with Crippen molar-refractivity contribution in [3.8, 4) is 5.82 Å². The van der Waals surface area contributed by atoms with Gasteiger partial charge in [0.05, 0.1) is 29.1 Å². The van der Waals surface area contributed by atoms with Crippen LogP contribution in [0.5, 0.6) is 0 Å². The summed E-state index contributed by atoms with van der Waals surface area (Å²) in [6.07, 6.45) is 1.87. The Labute approximate surface area is 249 Å². The minimum atomic E-state index is -2.10. The van der Waals surface area contributed by atoms with Crippen LogP contribution in [0.1, 0.15) is 26.3 Å². The summed E-state index contributed by atoms with van der Waals surface area (Å²) in [5.41, 5.74) is 7.66. The minimum absolute atomic E-state index is 0.0421. The molecule has 0 unspecified atom stereocenters. The lowest BCUT2D eigenvalue weighted by molar-refractivity contribution is 0.590. The normalized spacial score (nSPS) is 13.8. The second-order valence-corrected chi connectivity index (χ2v) is 17.6. The largest absolute Gasteiger partial charge is 0.355 e. The Hall–Kier alpha value is -4.35. The molecule has 0 amide bonds. The third kappa shape index (κ3) is 4.22. The van der Waals surface area contributed by atoms with Gasteiger partial charge in [0, 0.05) is 29.7 Å². The number of fused-ring (bicyclic) bond motifs is 4. The second-order valence-electron chi connectivity index (χ2n) is 13.2. The van der Waals surface area contributed by atoms with Gasteiger partial charge in [-0.2, -0.15) is 0 Å². The van der Waals surface area contributed by atoms with Crippen LogP contribution in [0.3, 0.4) is 0 Å². The van der Waals surface area contributed by atoms with Gasteiger partial charge in [0.2, 0.25) is 0 Å². The molecule has 4 aromatic carbocycles. The lowest BCUT2D eigenvalue weighted by atomic mass is 9.87. The van der Waals surface area contributed by atoms with E-state index in [0.717, 1.165) is 12.5 Å². The number of hydrogen-bond donors (Lipinski definition) is 0. The number of rotatable bonds is 4. The highest BCUT2D eigenvalue weighted by atomic mass is 28.3. The number of nitrogens with zero attached hydrogens (tertiary/aromatic N) is 4. The first-order valence-corrected chi connectivity index (χ1v) is 17.8. The smallest absolute Gasteiger partial charge is 0.137 e. The van der Waals surface area contributed by atoms with Gasteiger partial charge in [-0.1, -0.05) is 98.8 Å². The molecular formula is C37H38N4Si. The predicted molar refractivity (Wildman–Crippen MR) is 182 cm³/mol. The van der Waals surface area contributed by atoms with Crippen LogP contribution < -0.4 is 20.2 Å². The molecule has 0 saturated carbocycles. The zero-order valence-electron chi connectivity index (χ0n) is 25.4. The minimum Gasteiger partial charge on any atom is -0.355 e. The first kappa shape index (κ1) is 26.5. The Morgan fingerprint density at radius 2 is 1.40 bits per heavy atom. The SMILES string of the molecule is CN1CN(c2cc(C(C)(C)C)cc([Si](C)(C)c3ccc4c(c3)c3ccccc3n4-c3ccccn3)c2)c2ccccc21. The molecule has 6 aromatic rings. The fraction of sp³-hybridized carbons (Fsp3) is 0.216. The number of anilines is 3. The van der Waals surface area contributed by atoms with E-state index in [9.17, 15) is 0 Å². The van der Waals surface area contributed by atoms with E-state index in [2.05, 4.69) is 152 Å². The van der Waals surface area contributed by atoms with Gasteiger partial charge < -0.3 is 9.80 Å². The molecule has 7 rings (SSSR count). The number of pyridine rings is 1. The van der Waals surface area contributed by atoms with Gasteiger partial charge in [0.15, 0.2) is 0 Å². The third-order valence-electron chi connectivity index (χ3n) is 9.03. The van der Waals surface area contributed by atoms with Gasteiger partial charge in [-0.3, -0.25) is 4.57 Å². The van der Waals surface area contributed by atoms with Crippen molar-refractivity contribution in [3.63, 3.8) is 0 Å². The van der Waals surface area contributed by atoms with Crippen molar-refractivity contribution < 1.29 is 0 Å². The summed E-state index contributed by atoms with van der Waals surface area (Å²) < 4.78 is 2.29. The standard InChI is InChI=1S/C37H38N4Si/c1-37(2,3)26-21-27(40-25-39(4)34-15-9-10-16-35(34)40)23-29(22-26)42(5,6)28-18-19-33-31(24-28)30-13-7-8-14-32(30)41(33)36-17-11-12-20-38-36/h7-24H,25H2,1-6H3. The summed E-state index contributed by atoms with van der Waals surface area (Å²) in [7, 11) is 0.0868. The van der Waals surface area contributed by atoms with Crippen LogP contribution in [0, 0.1) is 0 Å². The highest BCUT2D eigenvalue weighted by molar-refractivity contribution is 7.00. The third-order valence-corrected chi connectivity index (χ3v) is 12.5.